The monoisotopic (exact) mass is 509 g/mol. The molecule has 6 nitrogen and oxygen atoms in total. The van der Waals surface area contributed by atoms with Crippen LogP contribution in [0.3, 0.4) is 0 Å². The van der Waals surface area contributed by atoms with E-state index in [2.05, 4.69) is 12.1 Å². The van der Waals surface area contributed by atoms with E-state index in [0.29, 0.717) is 0 Å². The van der Waals surface area contributed by atoms with Crippen LogP contribution in [-0.2, 0) is 4.74 Å². The van der Waals surface area contributed by atoms with Gasteiger partial charge in [0.25, 0.3) is 0 Å². The van der Waals surface area contributed by atoms with Crippen LogP contribution in [0.25, 0.3) is 11.1 Å². The molecular formula is C27H25BF3N2O4-. The summed E-state index contributed by atoms with van der Waals surface area (Å²) in [5.41, 5.74) is 3.09. The van der Waals surface area contributed by atoms with E-state index in [-0.39, 0.29) is 55.5 Å². The van der Waals surface area contributed by atoms with Crippen molar-refractivity contribution in [2.75, 3.05) is 37.7 Å². The molecule has 1 aliphatic heterocycles. The highest BCUT2D eigenvalue weighted by molar-refractivity contribution is 6.74. The molecule has 0 atom stereocenters. The van der Waals surface area contributed by atoms with E-state index in [1.165, 1.54) is 17.9 Å². The Morgan fingerprint density at radius 1 is 0.946 bits per heavy atom. The van der Waals surface area contributed by atoms with Gasteiger partial charge in [-0.15, -0.1) is 5.46 Å². The predicted molar refractivity (Wildman–Crippen MR) is 136 cm³/mol. The second kappa shape index (κ2) is 9.50. The molecule has 1 N–H and O–H groups in total. The first-order valence-electron chi connectivity index (χ1n) is 12.1. The number of amides is 1. The minimum Gasteiger partial charge on any atom is -0.478 e. The van der Waals surface area contributed by atoms with Crippen molar-refractivity contribution in [3.8, 4) is 11.1 Å². The smallest absolute Gasteiger partial charge is 0.478 e. The van der Waals surface area contributed by atoms with Crippen LogP contribution in [0.4, 0.5) is 23.4 Å². The number of ether oxygens (including phenoxy) is 1. The highest BCUT2D eigenvalue weighted by Gasteiger charge is 2.32. The second-order valence-electron chi connectivity index (χ2n) is 9.37. The molecule has 0 radical (unpaired) electrons. The van der Waals surface area contributed by atoms with Gasteiger partial charge in [0.15, 0.2) is 0 Å². The number of nitrogens with zero attached hydrogens (tertiary/aromatic N) is 2. The van der Waals surface area contributed by atoms with E-state index < -0.39 is 24.5 Å². The van der Waals surface area contributed by atoms with Crippen LogP contribution in [0.1, 0.15) is 33.0 Å². The maximum absolute atomic E-state index is 13.6. The van der Waals surface area contributed by atoms with E-state index >= 15 is 0 Å². The molecule has 192 valence electrons. The van der Waals surface area contributed by atoms with Gasteiger partial charge in [0, 0.05) is 37.8 Å². The number of halogens is 3. The van der Waals surface area contributed by atoms with Crippen molar-refractivity contribution in [1.82, 2.24) is 4.90 Å². The van der Waals surface area contributed by atoms with Crippen LogP contribution in [-0.4, -0.2) is 61.8 Å². The van der Waals surface area contributed by atoms with E-state index in [1.54, 1.807) is 4.90 Å². The molecule has 0 saturated carbocycles. The lowest BCUT2D eigenvalue weighted by atomic mass is 9.75. The lowest BCUT2D eigenvalue weighted by Gasteiger charge is -2.36. The van der Waals surface area contributed by atoms with Crippen LogP contribution < -0.4 is 10.4 Å². The Labute approximate surface area is 212 Å². The number of hydrogen-bond donors (Lipinski definition) is 1. The number of carbonyl (C=O) groups excluding carboxylic acids is 1. The van der Waals surface area contributed by atoms with Crippen LogP contribution >= 0.6 is 0 Å². The van der Waals surface area contributed by atoms with E-state index in [0.717, 1.165) is 28.3 Å². The van der Waals surface area contributed by atoms with Gasteiger partial charge >= 0.3 is 19.0 Å². The molecule has 1 amide bonds. The Morgan fingerprint density at radius 3 is 2.05 bits per heavy atom. The Bertz CT molecular complexity index is 1320. The molecule has 0 spiro atoms. The molecule has 3 aromatic carbocycles. The summed E-state index contributed by atoms with van der Waals surface area (Å²) in [6.45, 7) is -3.00. The van der Waals surface area contributed by atoms with Gasteiger partial charge in [-0.2, -0.15) is 0 Å². The number of rotatable bonds is 5. The summed E-state index contributed by atoms with van der Waals surface area (Å²) >= 11 is 0. The Hall–Kier alpha value is -3.95. The third-order valence-electron chi connectivity index (χ3n) is 7.25. The maximum Gasteiger partial charge on any atom is 0.509 e. The third-order valence-corrected chi connectivity index (χ3v) is 7.25. The third kappa shape index (κ3) is 4.63. The van der Waals surface area contributed by atoms with Gasteiger partial charge in [0.05, 0.1) is 5.56 Å². The van der Waals surface area contributed by atoms with Gasteiger partial charge in [-0.3, -0.25) is 0 Å². The Kier molecular flexibility index (Phi) is 6.35. The summed E-state index contributed by atoms with van der Waals surface area (Å²) in [5.74, 6) is -1.47. The molecule has 37 heavy (non-hydrogen) atoms. The fourth-order valence-corrected chi connectivity index (χ4v) is 5.30. The lowest BCUT2D eigenvalue weighted by molar-refractivity contribution is 0.0696. The largest absolute Gasteiger partial charge is 0.509 e. The summed E-state index contributed by atoms with van der Waals surface area (Å²) < 4.78 is 46.5. The molecule has 2 aliphatic rings. The zero-order chi connectivity index (χ0) is 26.3. The SMILES string of the molecule is Cc1c(C(=O)O)cc(N2CCN(C(=O)OCC3c4ccccc4-c4ccccc43)CC2)cc1[B-](F)(F)F. The van der Waals surface area contributed by atoms with E-state index in [4.69, 9.17) is 4.74 Å². The molecule has 1 fully saturated rings. The van der Waals surface area contributed by atoms with Gasteiger partial charge in [-0.25, -0.2) is 9.59 Å². The van der Waals surface area contributed by atoms with Crippen molar-refractivity contribution in [2.24, 2.45) is 0 Å². The topological polar surface area (TPSA) is 70.1 Å². The van der Waals surface area contributed by atoms with Gasteiger partial charge in [-0.05, 0) is 35.2 Å². The lowest BCUT2D eigenvalue weighted by Crippen LogP contribution is -2.49. The zero-order valence-electron chi connectivity index (χ0n) is 20.2. The number of piperazine rings is 1. The normalized spacial score (nSPS) is 15.4. The molecule has 0 aromatic heterocycles. The van der Waals surface area contributed by atoms with E-state index in [9.17, 15) is 27.6 Å². The number of hydrogen-bond acceptors (Lipinski definition) is 4. The number of carbonyl (C=O) groups is 2. The number of anilines is 1. The minimum absolute atomic E-state index is 0.0673. The number of benzene rings is 3. The summed E-state index contributed by atoms with van der Waals surface area (Å²) in [4.78, 5) is 27.6. The zero-order valence-corrected chi connectivity index (χ0v) is 20.2. The Morgan fingerprint density at radius 2 is 1.51 bits per heavy atom. The van der Waals surface area contributed by atoms with Crippen molar-refractivity contribution in [1.29, 1.82) is 0 Å². The molecule has 1 saturated heterocycles. The predicted octanol–water partition coefficient (Wildman–Crippen LogP) is 4.82. The molecule has 10 heteroatoms. The molecule has 5 rings (SSSR count). The first kappa shape index (κ1) is 24.7. The van der Waals surface area contributed by atoms with Gasteiger partial charge in [0.2, 0.25) is 0 Å². The summed E-state index contributed by atoms with van der Waals surface area (Å²) in [6.07, 6.45) is -0.476. The molecule has 0 bridgehead atoms. The summed E-state index contributed by atoms with van der Waals surface area (Å²) in [6, 6.07) is 18.4. The average molecular weight is 509 g/mol. The van der Waals surface area contributed by atoms with Crippen LogP contribution in [0.15, 0.2) is 60.7 Å². The van der Waals surface area contributed by atoms with Crippen LogP contribution in [0, 0.1) is 6.92 Å². The van der Waals surface area contributed by atoms with Crippen molar-refractivity contribution in [3.05, 3.63) is 82.9 Å². The average Bonchev–Trinajstić information content (AvgIpc) is 3.20. The van der Waals surface area contributed by atoms with E-state index in [1.807, 2.05) is 36.4 Å². The number of carboxylic acid groups (broad SMARTS) is 1. The van der Waals surface area contributed by atoms with Crippen molar-refractivity contribution in [2.45, 2.75) is 12.8 Å². The first-order chi connectivity index (χ1) is 17.6. The van der Waals surface area contributed by atoms with Gasteiger partial charge in [0.1, 0.15) is 6.61 Å². The fourth-order valence-electron chi connectivity index (χ4n) is 5.30. The highest BCUT2D eigenvalue weighted by Crippen LogP contribution is 2.44. The summed E-state index contributed by atoms with van der Waals surface area (Å²) in [5, 5.41) is 9.42. The van der Waals surface area contributed by atoms with Gasteiger partial charge in [-0.1, -0.05) is 60.2 Å². The van der Waals surface area contributed by atoms with Crippen molar-refractivity contribution >= 4 is 30.2 Å². The van der Waals surface area contributed by atoms with Crippen molar-refractivity contribution < 1.29 is 32.4 Å². The standard InChI is InChI=1S/C27H25BF3N2O4/c1-17-23(26(34)35)14-18(15-25(17)28(29,30)31)32-10-12-33(13-11-32)27(36)37-16-24-21-8-4-2-6-19(21)20-7-3-5-9-22(20)24/h2-9,14-15,24H,10-13,16H2,1H3,(H,34,35)/q-1. The quantitative estimate of drug-likeness (QED) is 0.500. The molecular weight excluding hydrogens is 484 g/mol. The second-order valence-corrected chi connectivity index (χ2v) is 9.37. The first-order valence-corrected chi connectivity index (χ1v) is 12.1. The maximum atomic E-state index is 13.6. The molecule has 1 aliphatic carbocycles. The molecule has 3 aromatic rings. The minimum atomic E-state index is -5.37. The number of aromatic carboxylic acids is 1. The molecule has 0 unspecified atom stereocenters. The highest BCUT2D eigenvalue weighted by atomic mass is 19.4. The van der Waals surface area contributed by atoms with Crippen LogP contribution in [0.2, 0.25) is 0 Å². The van der Waals surface area contributed by atoms with Crippen molar-refractivity contribution in [3.63, 3.8) is 0 Å². The summed E-state index contributed by atoms with van der Waals surface area (Å²) in [7, 11) is 0. The number of fused-ring (bicyclic) bond motifs is 3. The van der Waals surface area contributed by atoms with Crippen LogP contribution in [0.5, 0.6) is 0 Å². The Balaban J connectivity index is 1.25. The number of carboxylic acids is 1. The molecule has 1 heterocycles. The van der Waals surface area contributed by atoms with Gasteiger partial charge < -0.3 is 32.6 Å². The fraction of sp³-hybridized carbons (Fsp3) is 0.259.